The Balaban J connectivity index is 2.20. The van der Waals surface area contributed by atoms with Crippen LogP contribution >= 0.6 is 0 Å². The largest absolute Gasteiger partial charge is 0.377 e. The molecule has 1 N–H and O–H groups in total. The van der Waals surface area contributed by atoms with Crippen LogP contribution in [-0.2, 0) is 4.74 Å². The molecular formula is C15H23FN2O. The zero-order chi connectivity index (χ0) is 13.8. The first kappa shape index (κ1) is 14.3. The van der Waals surface area contributed by atoms with Crippen molar-refractivity contribution in [3.05, 3.63) is 29.6 Å². The van der Waals surface area contributed by atoms with Crippen LogP contribution in [0.4, 0.5) is 10.1 Å². The molecule has 0 spiro atoms. The highest BCUT2D eigenvalue weighted by Gasteiger charge is 2.18. The minimum absolute atomic E-state index is 0.145. The molecule has 1 heterocycles. The molecule has 0 amide bonds. The lowest BCUT2D eigenvalue weighted by Crippen LogP contribution is -2.30. The lowest BCUT2D eigenvalue weighted by Gasteiger charge is -2.25. The fraction of sp³-hybridized carbons (Fsp3) is 0.600. The Kier molecular flexibility index (Phi) is 4.77. The van der Waals surface area contributed by atoms with Crippen LogP contribution in [0.1, 0.15) is 31.9 Å². The van der Waals surface area contributed by atoms with E-state index < -0.39 is 0 Å². The molecular weight excluding hydrogens is 243 g/mol. The van der Waals surface area contributed by atoms with Crippen LogP contribution < -0.4 is 10.2 Å². The molecule has 2 rings (SSSR count). The molecule has 1 aromatic carbocycles. The average molecular weight is 266 g/mol. The van der Waals surface area contributed by atoms with E-state index in [9.17, 15) is 4.39 Å². The van der Waals surface area contributed by atoms with Gasteiger partial charge in [-0.3, -0.25) is 0 Å². The van der Waals surface area contributed by atoms with Crippen LogP contribution in [0.3, 0.4) is 0 Å². The Hall–Kier alpha value is -1.13. The highest BCUT2D eigenvalue weighted by atomic mass is 19.1. The van der Waals surface area contributed by atoms with Crippen molar-refractivity contribution in [2.45, 2.75) is 32.4 Å². The molecule has 1 aliphatic heterocycles. The lowest BCUT2D eigenvalue weighted by molar-refractivity contribution is 0.0820. The predicted octanol–water partition coefficient (Wildman–Crippen LogP) is 2.72. The van der Waals surface area contributed by atoms with Crippen LogP contribution in [0.2, 0.25) is 0 Å². The second-order valence-corrected chi connectivity index (χ2v) is 5.20. The van der Waals surface area contributed by atoms with E-state index in [1.807, 2.05) is 33.0 Å². The Morgan fingerprint density at radius 1 is 1.47 bits per heavy atom. The standard InChI is InChI=1S/C15H23FN2O/c1-11-10-18(7-4-8-19-11)15-6-5-13(9-14(15)16)12(2)17-3/h5-6,9,11-12,17H,4,7-8,10H2,1-3H3. The van der Waals surface area contributed by atoms with E-state index in [1.165, 1.54) is 0 Å². The maximum atomic E-state index is 14.3. The van der Waals surface area contributed by atoms with Crippen molar-refractivity contribution in [1.82, 2.24) is 5.32 Å². The number of nitrogens with zero attached hydrogens (tertiary/aromatic N) is 1. The smallest absolute Gasteiger partial charge is 0.146 e. The van der Waals surface area contributed by atoms with Gasteiger partial charge in [-0.1, -0.05) is 6.07 Å². The maximum absolute atomic E-state index is 14.3. The SMILES string of the molecule is CNC(C)c1ccc(N2CCCOC(C)C2)c(F)c1. The number of anilines is 1. The third kappa shape index (κ3) is 3.45. The predicted molar refractivity (Wildman–Crippen MR) is 76.1 cm³/mol. The molecule has 19 heavy (non-hydrogen) atoms. The van der Waals surface area contributed by atoms with Gasteiger partial charge in [-0.25, -0.2) is 4.39 Å². The fourth-order valence-corrected chi connectivity index (χ4v) is 2.43. The van der Waals surface area contributed by atoms with Gasteiger partial charge in [0.05, 0.1) is 11.8 Å². The van der Waals surface area contributed by atoms with E-state index in [-0.39, 0.29) is 18.0 Å². The van der Waals surface area contributed by atoms with Crippen molar-refractivity contribution >= 4 is 5.69 Å². The molecule has 0 aromatic heterocycles. The first-order valence-electron chi connectivity index (χ1n) is 6.95. The van der Waals surface area contributed by atoms with Crippen molar-refractivity contribution in [2.75, 3.05) is 31.6 Å². The van der Waals surface area contributed by atoms with Gasteiger partial charge in [0.25, 0.3) is 0 Å². The molecule has 106 valence electrons. The molecule has 1 aliphatic rings. The third-order valence-electron chi connectivity index (χ3n) is 3.70. The van der Waals surface area contributed by atoms with Crippen LogP contribution in [-0.4, -0.2) is 32.8 Å². The fourth-order valence-electron chi connectivity index (χ4n) is 2.43. The van der Waals surface area contributed by atoms with Crippen molar-refractivity contribution in [3.8, 4) is 0 Å². The quantitative estimate of drug-likeness (QED) is 0.910. The van der Waals surface area contributed by atoms with Crippen LogP contribution in [0.25, 0.3) is 0 Å². The summed E-state index contributed by atoms with van der Waals surface area (Å²) in [4.78, 5) is 2.08. The molecule has 1 aromatic rings. The highest BCUT2D eigenvalue weighted by Crippen LogP contribution is 2.25. The number of rotatable bonds is 3. The lowest BCUT2D eigenvalue weighted by atomic mass is 10.1. The van der Waals surface area contributed by atoms with Crippen molar-refractivity contribution in [3.63, 3.8) is 0 Å². The second kappa shape index (κ2) is 6.35. The minimum Gasteiger partial charge on any atom is -0.377 e. The molecule has 2 unspecified atom stereocenters. The maximum Gasteiger partial charge on any atom is 0.146 e. The monoisotopic (exact) mass is 266 g/mol. The van der Waals surface area contributed by atoms with Crippen LogP contribution in [0.15, 0.2) is 18.2 Å². The summed E-state index contributed by atoms with van der Waals surface area (Å²) in [6, 6.07) is 5.68. The zero-order valence-corrected chi connectivity index (χ0v) is 11.9. The van der Waals surface area contributed by atoms with Gasteiger partial charge < -0.3 is 15.0 Å². The van der Waals surface area contributed by atoms with Gasteiger partial charge in [-0.2, -0.15) is 0 Å². The summed E-state index contributed by atoms with van der Waals surface area (Å²) in [5, 5.41) is 3.12. The molecule has 0 radical (unpaired) electrons. The summed E-state index contributed by atoms with van der Waals surface area (Å²) in [7, 11) is 1.88. The Bertz CT molecular complexity index is 425. The zero-order valence-electron chi connectivity index (χ0n) is 11.9. The van der Waals surface area contributed by atoms with Gasteiger partial charge in [0.1, 0.15) is 5.82 Å². The van der Waals surface area contributed by atoms with Gasteiger partial charge in [0.15, 0.2) is 0 Å². The van der Waals surface area contributed by atoms with E-state index in [0.717, 1.165) is 31.7 Å². The minimum atomic E-state index is -0.145. The first-order chi connectivity index (χ1) is 9.11. The molecule has 0 saturated carbocycles. The second-order valence-electron chi connectivity index (χ2n) is 5.20. The molecule has 1 saturated heterocycles. The van der Waals surface area contributed by atoms with Crippen molar-refractivity contribution < 1.29 is 9.13 Å². The molecule has 0 aliphatic carbocycles. The average Bonchev–Trinajstić information content (AvgIpc) is 2.62. The molecule has 3 nitrogen and oxygen atoms in total. The Labute approximate surface area is 114 Å². The van der Waals surface area contributed by atoms with Gasteiger partial charge in [0.2, 0.25) is 0 Å². The van der Waals surface area contributed by atoms with Crippen molar-refractivity contribution in [2.24, 2.45) is 0 Å². The van der Waals surface area contributed by atoms with Gasteiger partial charge in [-0.15, -0.1) is 0 Å². The van der Waals surface area contributed by atoms with Crippen molar-refractivity contribution in [1.29, 1.82) is 0 Å². The summed E-state index contributed by atoms with van der Waals surface area (Å²) in [6.07, 6.45) is 1.09. The normalized spacial score (nSPS) is 22.1. The van der Waals surface area contributed by atoms with Gasteiger partial charge in [0, 0.05) is 25.7 Å². The van der Waals surface area contributed by atoms with Crippen LogP contribution in [0.5, 0.6) is 0 Å². The van der Waals surface area contributed by atoms with E-state index in [2.05, 4.69) is 10.2 Å². The summed E-state index contributed by atoms with van der Waals surface area (Å²) < 4.78 is 19.9. The van der Waals surface area contributed by atoms with E-state index in [0.29, 0.717) is 5.69 Å². The number of nitrogens with one attached hydrogen (secondary N) is 1. The Morgan fingerprint density at radius 3 is 2.95 bits per heavy atom. The number of hydrogen-bond donors (Lipinski definition) is 1. The number of halogens is 1. The first-order valence-corrected chi connectivity index (χ1v) is 6.95. The topological polar surface area (TPSA) is 24.5 Å². The van der Waals surface area contributed by atoms with Gasteiger partial charge >= 0.3 is 0 Å². The molecule has 0 bridgehead atoms. The van der Waals surface area contributed by atoms with Crippen LogP contribution in [0, 0.1) is 5.82 Å². The number of hydrogen-bond acceptors (Lipinski definition) is 3. The Morgan fingerprint density at radius 2 is 2.26 bits per heavy atom. The molecule has 4 heteroatoms. The summed E-state index contributed by atoms with van der Waals surface area (Å²) in [6.45, 7) is 6.41. The van der Waals surface area contributed by atoms with E-state index in [4.69, 9.17) is 4.74 Å². The number of ether oxygens (including phenoxy) is 1. The summed E-state index contributed by atoms with van der Waals surface area (Å²) >= 11 is 0. The summed E-state index contributed by atoms with van der Waals surface area (Å²) in [5.41, 5.74) is 1.66. The van der Waals surface area contributed by atoms with E-state index >= 15 is 0 Å². The third-order valence-corrected chi connectivity index (χ3v) is 3.70. The number of benzene rings is 1. The summed E-state index contributed by atoms with van der Waals surface area (Å²) in [5.74, 6) is -0.145. The molecule has 2 atom stereocenters. The van der Waals surface area contributed by atoms with Gasteiger partial charge in [-0.05, 0) is 45.0 Å². The molecule has 1 fully saturated rings. The van der Waals surface area contributed by atoms with E-state index in [1.54, 1.807) is 6.07 Å². The highest BCUT2D eigenvalue weighted by molar-refractivity contribution is 5.49.